The van der Waals surface area contributed by atoms with Crippen LogP contribution in [0.15, 0.2) is 12.2 Å². The number of allylic oxidation sites excluding steroid dienone is 2. The fraction of sp³-hybridized carbons (Fsp3) is 0.833. The van der Waals surface area contributed by atoms with Crippen LogP contribution in [0.2, 0.25) is 0 Å². The highest BCUT2D eigenvalue weighted by Gasteiger charge is 2.01. The Morgan fingerprint density at radius 1 is 0.905 bits per heavy atom. The second kappa shape index (κ2) is 15.6. The Labute approximate surface area is 130 Å². The molecule has 0 rings (SSSR count). The van der Waals surface area contributed by atoms with Crippen LogP contribution in [0.25, 0.3) is 0 Å². The lowest BCUT2D eigenvalue weighted by Crippen LogP contribution is -2.05. The van der Waals surface area contributed by atoms with Gasteiger partial charge in [-0.05, 0) is 38.5 Å². The molecule has 0 fully saturated rings. The fourth-order valence-corrected chi connectivity index (χ4v) is 2.37. The zero-order valence-electron chi connectivity index (χ0n) is 13.7. The van der Waals surface area contributed by atoms with Crippen LogP contribution in [0.1, 0.15) is 90.4 Å². The first-order valence-electron chi connectivity index (χ1n) is 8.71. The molecule has 0 aliphatic heterocycles. The first-order chi connectivity index (χ1) is 10.2. The van der Waals surface area contributed by atoms with E-state index in [1.54, 1.807) is 0 Å². The number of carboxylic acids is 1. The molecule has 2 N–H and O–H groups in total. The fourth-order valence-electron chi connectivity index (χ4n) is 2.37. The zero-order chi connectivity index (χ0) is 15.8. The lowest BCUT2D eigenvalue weighted by Gasteiger charge is -2.07. The topological polar surface area (TPSA) is 57.5 Å². The van der Waals surface area contributed by atoms with Crippen molar-refractivity contribution in [2.24, 2.45) is 0 Å². The summed E-state index contributed by atoms with van der Waals surface area (Å²) < 4.78 is 0. The van der Waals surface area contributed by atoms with Gasteiger partial charge < -0.3 is 10.2 Å². The van der Waals surface area contributed by atoms with Crippen LogP contribution in [0.3, 0.4) is 0 Å². The van der Waals surface area contributed by atoms with E-state index in [4.69, 9.17) is 5.11 Å². The third kappa shape index (κ3) is 17.1. The van der Waals surface area contributed by atoms with Crippen LogP contribution >= 0.6 is 0 Å². The Bertz CT molecular complexity index is 261. The largest absolute Gasteiger partial charge is 0.481 e. The third-order valence-corrected chi connectivity index (χ3v) is 3.74. The van der Waals surface area contributed by atoms with Gasteiger partial charge in [-0.2, -0.15) is 0 Å². The SMILES string of the molecule is CCCCC[C@H](O)CC/C=C/CCCCCCCC(=O)O. The first-order valence-corrected chi connectivity index (χ1v) is 8.71. The van der Waals surface area contributed by atoms with E-state index in [0.29, 0.717) is 6.42 Å². The molecule has 0 radical (unpaired) electrons. The molecule has 0 amide bonds. The molecule has 0 bridgehead atoms. The minimum Gasteiger partial charge on any atom is -0.481 e. The van der Waals surface area contributed by atoms with Crippen molar-refractivity contribution in [3.8, 4) is 0 Å². The Kier molecular flexibility index (Phi) is 14.9. The molecule has 0 aromatic rings. The lowest BCUT2D eigenvalue weighted by atomic mass is 10.1. The molecule has 0 aromatic heterocycles. The van der Waals surface area contributed by atoms with E-state index < -0.39 is 5.97 Å². The predicted molar refractivity (Wildman–Crippen MR) is 88.5 cm³/mol. The maximum absolute atomic E-state index is 10.3. The van der Waals surface area contributed by atoms with Gasteiger partial charge in [0.25, 0.3) is 0 Å². The number of hydrogen-bond acceptors (Lipinski definition) is 2. The smallest absolute Gasteiger partial charge is 0.303 e. The standard InChI is InChI=1S/C18H34O3/c1-2-3-11-14-17(19)15-12-9-7-5-4-6-8-10-13-16-18(20)21/h7,9,17,19H,2-6,8,10-16H2,1H3,(H,20,21)/b9-7+/t17-/m0/s1. The number of carboxylic acid groups (broad SMARTS) is 1. The van der Waals surface area contributed by atoms with Gasteiger partial charge in [0.05, 0.1) is 6.10 Å². The van der Waals surface area contributed by atoms with Gasteiger partial charge in [0.2, 0.25) is 0 Å². The van der Waals surface area contributed by atoms with E-state index in [9.17, 15) is 9.90 Å². The Balaban J connectivity index is 3.23. The molecule has 0 aliphatic rings. The predicted octanol–water partition coefficient (Wildman–Crippen LogP) is 5.08. The minimum atomic E-state index is -0.685. The summed E-state index contributed by atoms with van der Waals surface area (Å²) in [5.74, 6) is -0.685. The van der Waals surface area contributed by atoms with E-state index in [0.717, 1.165) is 51.4 Å². The first kappa shape index (κ1) is 20.2. The van der Waals surface area contributed by atoms with Crippen molar-refractivity contribution in [1.82, 2.24) is 0 Å². The van der Waals surface area contributed by atoms with E-state index in [2.05, 4.69) is 19.1 Å². The number of aliphatic hydroxyl groups excluding tert-OH is 1. The van der Waals surface area contributed by atoms with Gasteiger partial charge in [-0.3, -0.25) is 4.79 Å². The molecule has 0 heterocycles. The summed E-state index contributed by atoms with van der Waals surface area (Å²) in [4.78, 5) is 10.3. The molecule has 0 spiro atoms. The summed E-state index contributed by atoms with van der Waals surface area (Å²) in [5, 5.41) is 18.3. The van der Waals surface area contributed by atoms with Crippen molar-refractivity contribution >= 4 is 5.97 Å². The van der Waals surface area contributed by atoms with Crippen LogP contribution in [0.5, 0.6) is 0 Å². The highest BCUT2D eigenvalue weighted by Crippen LogP contribution is 2.10. The van der Waals surface area contributed by atoms with E-state index in [1.165, 1.54) is 25.7 Å². The molecule has 0 unspecified atom stereocenters. The van der Waals surface area contributed by atoms with Gasteiger partial charge in [-0.1, -0.05) is 57.6 Å². The average molecular weight is 298 g/mol. The van der Waals surface area contributed by atoms with E-state index >= 15 is 0 Å². The summed E-state index contributed by atoms with van der Waals surface area (Å²) in [6, 6.07) is 0. The van der Waals surface area contributed by atoms with E-state index in [-0.39, 0.29) is 6.10 Å². The molecule has 3 heteroatoms. The maximum Gasteiger partial charge on any atom is 0.303 e. The molecule has 21 heavy (non-hydrogen) atoms. The van der Waals surface area contributed by atoms with Crippen LogP contribution in [-0.4, -0.2) is 22.3 Å². The summed E-state index contributed by atoms with van der Waals surface area (Å²) in [6.45, 7) is 2.18. The monoisotopic (exact) mass is 298 g/mol. The van der Waals surface area contributed by atoms with Crippen LogP contribution in [0, 0.1) is 0 Å². The number of carbonyl (C=O) groups is 1. The van der Waals surface area contributed by atoms with Crippen molar-refractivity contribution in [3.63, 3.8) is 0 Å². The number of aliphatic hydroxyl groups is 1. The van der Waals surface area contributed by atoms with Crippen molar-refractivity contribution < 1.29 is 15.0 Å². The van der Waals surface area contributed by atoms with Gasteiger partial charge in [0.1, 0.15) is 0 Å². The Morgan fingerprint density at radius 3 is 2.29 bits per heavy atom. The number of rotatable bonds is 15. The molecule has 3 nitrogen and oxygen atoms in total. The summed E-state index contributed by atoms with van der Waals surface area (Å²) in [6.07, 6.45) is 17.4. The summed E-state index contributed by atoms with van der Waals surface area (Å²) >= 11 is 0. The molecular weight excluding hydrogens is 264 g/mol. The second-order valence-corrected chi connectivity index (χ2v) is 5.90. The van der Waals surface area contributed by atoms with Gasteiger partial charge >= 0.3 is 5.97 Å². The molecule has 0 saturated carbocycles. The Hall–Kier alpha value is -0.830. The summed E-state index contributed by atoms with van der Waals surface area (Å²) in [5.41, 5.74) is 0. The maximum atomic E-state index is 10.3. The van der Waals surface area contributed by atoms with Gasteiger partial charge in [0.15, 0.2) is 0 Å². The molecule has 124 valence electrons. The quantitative estimate of drug-likeness (QED) is 0.327. The molecule has 1 atom stereocenters. The normalized spacial score (nSPS) is 12.9. The van der Waals surface area contributed by atoms with Crippen molar-refractivity contribution in [2.75, 3.05) is 0 Å². The van der Waals surface area contributed by atoms with Crippen molar-refractivity contribution in [1.29, 1.82) is 0 Å². The van der Waals surface area contributed by atoms with Crippen LogP contribution < -0.4 is 0 Å². The molecule has 0 aromatic carbocycles. The third-order valence-electron chi connectivity index (χ3n) is 3.74. The van der Waals surface area contributed by atoms with Crippen molar-refractivity contribution in [2.45, 2.75) is 96.5 Å². The lowest BCUT2D eigenvalue weighted by molar-refractivity contribution is -0.137. The summed E-state index contributed by atoms with van der Waals surface area (Å²) in [7, 11) is 0. The molecular formula is C18H34O3. The van der Waals surface area contributed by atoms with Crippen LogP contribution in [-0.2, 0) is 4.79 Å². The van der Waals surface area contributed by atoms with Crippen molar-refractivity contribution in [3.05, 3.63) is 12.2 Å². The molecule has 0 saturated heterocycles. The highest BCUT2D eigenvalue weighted by molar-refractivity contribution is 5.66. The number of unbranched alkanes of at least 4 members (excludes halogenated alkanes) is 7. The number of hydrogen-bond donors (Lipinski definition) is 2. The van der Waals surface area contributed by atoms with Gasteiger partial charge in [-0.15, -0.1) is 0 Å². The second-order valence-electron chi connectivity index (χ2n) is 5.90. The highest BCUT2D eigenvalue weighted by atomic mass is 16.4. The number of aliphatic carboxylic acids is 1. The van der Waals surface area contributed by atoms with Crippen LogP contribution in [0.4, 0.5) is 0 Å². The van der Waals surface area contributed by atoms with Gasteiger partial charge in [0, 0.05) is 6.42 Å². The van der Waals surface area contributed by atoms with Gasteiger partial charge in [-0.25, -0.2) is 0 Å². The minimum absolute atomic E-state index is 0.129. The van der Waals surface area contributed by atoms with E-state index in [1.807, 2.05) is 0 Å². The Morgan fingerprint density at radius 2 is 1.57 bits per heavy atom. The average Bonchev–Trinajstić information content (AvgIpc) is 2.44. The zero-order valence-corrected chi connectivity index (χ0v) is 13.7. The molecule has 0 aliphatic carbocycles.